The second-order valence-electron chi connectivity index (χ2n) is 4.49. The molecule has 0 atom stereocenters. The van der Waals surface area contributed by atoms with Gasteiger partial charge in [0.1, 0.15) is 5.82 Å². The molecule has 88 valence electrons. The summed E-state index contributed by atoms with van der Waals surface area (Å²) in [5.74, 6) is -0.362. The van der Waals surface area contributed by atoms with Crippen molar-refractivity contribution in [2.75, 3.05) is 11.2 Å². The van der Waals surface area contributed by atoms with Gasteiger partial charge < -0.3 is 5.32 Å². The molecule has 0 aromatic heterocycles. The number of carbonyl (C=O) groups is 1. The third-order valence-corrected chi connectivity index (χ3v) is 2.92. The molecule has 0 fully saturated rings. The number of halogens is 2. The Kier molecular flexibility index (Phi) is 3.92. The lowest BCUT2D eigenvalue weighted by Gasteiger charge is -2.20. The van der Waals surface area contributed by atoms with E-state index in [-0.39, 0.29) is 17.6 Å². The summed E-state index contributed by atoms with van der Waals surface area (Å²) in [6.45, 7) is 5.24. The van der Waals surface area contributed by atoms with Crippen molar-refractivity contribution in [1.82, 2.24) is 0 Å². The molecule has 0 bridgehead atoms. The zero-order valence-corrected chi connectivity index (χ0v) is 10.4. The zero-order valence-electron chi connectivity index (χ0n) is 9.60. The van der Waals surface area contributed by atoms with Crippen molar-refractivity contribution in [2.24, 2.45) is 5.41 Å². The van der Waals surface area contributed by atoms with Gasteiger partial charge in [-0.3, -0.25) is 4.79 Å². The number of hydrogen-bond acceptors (Lipinski definition) is 1. The third-order valence-electron chi connectivity index (χ3n) is 2.25. The molecule has 1 amide bonds. The van der Waals surface area contributed by atoms with Gasteiger partial charge in [-0.2, -0.15) is 0 Å². The Hall–Kier alpha value is -1.09. The lowest BCUT2D eigenvalue weighted by molar-refractivity contribution is -0.122. The quantitative estimate of drug-likeness (QED) is 0.811. The van der Waals surface area contributed by atoms with Crippen LogP contribution in [0.1, 0.15) is 19.4 Å². The zero-order chi connectivity index (χ0) is 12.3. The van der Waals surface area contributed by atoms with Gasteiger partial charge in [-0.15, -0.1) is 11.6 Å². The third kappa shape index (κ3) is 3.20. The minimum atomic E-state index is -0.665. The first-order valence-corrected chi connectivity index (χ1v) is 5.53. The average molecular weight is 244 g/mol. The monoisotopic (exact) mass is 243 g/mol. The standard InChI is InChI=1S/C12H15ClFNO/c1-8-4-9(14)6-10(5-8)15-11(16)12(2,3)7-13/h4-6H,7H2,1-3H3,(H,15,16). The van der Waals surface area contributed by atoms with E-state index in [1.807, 2.05) is 0 Å². The van der Waals surface area contributed by atoms with Crippen molar-refractivity contribution in [2.45, 2.75) is 20.8 Å². The molecule has 2 nitrogen and oxygen atoms in total. The maximum atomic E-state index is 13.1. The van der Waals surface area contributed by atoms with Crippen molar-refractivity contribution < 1.29 is 9.18 Å². The number of carbonyl (C=O) groups excluding carboxylic acids is 1. The van der Waals surface area contributed by atoms with Gasteiger partial charge in [-0.05, 0) is 44.5 Å². The van der Waals surface area contributed by atoms with Gasteiger partial charge in [0.15, 0.2) is 0 Å². The van der Waals surface area contributed by atoms with E-state index in [0.29, 0.717) is 5.69 Å². The Bertz CT molecular complexity index is 384. The number of hydrogen-bond donors (Lipinski definition) is 1. The maximum absolute atomic E-state index is 13.1. The SMILES string of the molecule is Cc1cc(F)cc(NC(=O)C(C)(C)CCl)c1. The Morgan fingerprint density at radius 3 is 2.56 bits per heavy atom. The van der Waals surface area contributed by atoms with Crippen LogP contribution >= 0.6 is 11.6 Å². The van der Waals surface area contributed by atoms with Crippen LogP contribution in [0.2, 0.25) is 0 Å². The summed E-state index contributed by atoms with van der Waals surface area (Å²) in [6.07, 6.45) is 0. The summed E-state index contributed by atoms with van der Waals surface area (Å²) in [6, 6.07) is 4.41. The lowest BCUT2D eigenvalue weighted by atomic mass is 9.95. The van der Waals surface area contributed by atoms with Gasteiger partial charge in [0.25, 0.3) is 0 Å². The van der Waals surface area contributed by atoms with Crippen LogP contribution in [0.3, 0.4) is 0 Å². The highest BCUT2D eigenvalue weighted by Gasteiger charge is 2.26. The Balaban J connectivity index is 2.85. The van der Waals surface area contributed by atoms with Crippen LogP contribution in [0.5, 0.6) is 0 Å². The van der Waals surface area contributed by atoms with Gasteiger partial charge >= 0.3 is 0 Å². The van der Waals surface area contributed by atoms with E-state index in [2.05, 4.69) is 5.32 Å². The molecule has 0 heterocycles. The van der Waals surface area contributed by atoms with Gasteiger partial charge in [0, 0.05) is 11.6 Å². The Morgan fingerprint density at radius 1 is 1.44 bits per heavy atom. The second-order valence-corrected chi connectivity index (χ2v) is 4.76. The molecule has 0 saturated heterocycles. The number of anilines is 1. The molecule has 0 aliphatic carbocycles. The van der Waals surface area contributed by atoms with E-state index in [4.69, 9.17) is 11.6 Å². The predicted octanol–water partition coefficient (Wildman–Crippen LogP) is 3.34. The van der Waals surface area contributed by atoms with Crippen LogP contribution < -0.4 is 5.32 Å². The van der Waals surface area contributed by atoms with Crippen molar-refractivity contribution in [1.29, 1.82) is 0 Å². The fourth-order valence-corrected chi connectivity index (χ4v) is 1.29. The van der Waals surface area contributed by atoms with Crippen LogP contribution in [0, 0.1) is 18.2 Å². The number of nitrogens with one attached hydrogen (secondary N) is 1. The second kappa shape index (κ2) is 4.83. The number of benzene rings is 1. The molecule has 1 aromatic carbocycles. The van der Waals surface area contributed by atoms with Crippen LogP contribution in [-0.2, 0) is 4.79 Å². The number of rotatable bonds is 3. The average Bonchev–Trinajstić information content (AvgIpc) is 2.15. The largest absolute Gasteiger partial charge is 0.325 e. The van der Waals surface area contributed by atoms with Gasteiger partial charge in [0.05, 0.1) is 5.41 Å². The first-order chi connectivity index (χ1) is 7.35. The molecular formula is C12H15ClFNO. The van der Waals surface area contributed by atoms with Gasteiger partial charge in [0.2, 0.25) is 5.91 Å². The molecule has 1 N–H and O–H groups in total. The van der Waals surface area contributed by atoms with E-state index < -0.39 is 5.41 Å². The van der Waals surface area contributed by atoms with Crippen LogP contribution in [-0.4, -0.2) is 11.8 Å². The molecule has 1 aromatic rings. The van der Waals surface area contributed by atoms with E-state index in [1.165, 1.54) is 12.1 Å². The summed E-state index contributed by atoms with van der Waals surface area (Å²) in [7, 11) is 0. The molecule has 0 aliphatic rings. The molecule has 0 spiro atoms. The van der Waals surface area contributed by atoms with Crippen molar-refractivity contribution in [3.8, 4) is 0 Å². The summed E-state index contributed by atoms with van der Waals surface area (Å²) < 4.78 is 13.1. The van der Waals surface area contributed by atoms with E-state index in [1.54, 1.807) is 26.8 Å². The van der Waals surface area contributed by atoms with Crippen molar-refractivity contribution in [3.63, 3.8) is 0 Å². The highest BCUT2D eigenvalue weighted by molar-refractivity contribution is 6.20. The molecule has 0 unspecified atom stereocenters. The molecule has 0 aliphatic heterocycles. The van der Waals surface area contributed by atoms with E-state index in [9.17, 15) is 9.18 Å². The van der Waals surface area contributed by atoms with E-state index in [0.717, 1.165) is 5.56 Å². The molecular weight excluding hydrogens is 229 g/mol. The topological polar surface area (TPSA) is 29.1 Å². The number of alkyl halides is 1. The normalized spacial score (nSPS) is 11.3. The van der Waals surface area contributed by atoms with Crippen LogP contribution in [0.15, 0.2) is 18.2 Å². The highest BCUT2D eigenvalue weighted by atomic mass is 35.5. The van der Waals surface area contributed by atoms with Crippen molar-refractivity contribution in [3.05, 3.63) is 29.6 Å². The minimum absolute atomic E-state index is 0.215. The molecule has 1 rings (SSSR count). The summed E-state index contributed by atoms with van der Waals surface area (Å²) in [5, 5.41) is 2.65. The predicted molar refractivity (Wildman–Crippen MR) is 64.3 cm³/mol. The molecule has 0 saturated carbocycles. The number of amides is 1. The van der Waals surface area contributed by atoms with Crippen molar-refractivity contribution >= 4 is 23.2 Å². The van der Waals surface area contributed by atoms with Crippen LogP contribution in [0.25, 0.3) is 0 Å². The summed E-state index contributed by atoms with van der Waals surface area (Å²) in [4.78, 5) is 11.8. The fraction of sp³-hybridized carbons (Fsp3) is 0.417. The van der Waals surface area contributed by atoms with Gasteiger partial charge in [-0.1, -0.05) is 0 Å². The fourth-order valence-electron chi connectivity index (χ4n) is 1.17. The first kappa shape index (κ1) is 13.0. The first-order valence-electron chi connectivity index (χ1n) is 5.00. The highest BCUT2D eigenvalue weighted by Crippen LogP contribution is 2.21. The molecule has 16 heavy (non-hydrogen) atoms. The molecule has 0 radical (unpaired) electrons. The Morgan fingerprint density at radius 2 is 2.06 bits per heavy atom. The maximum Gasteiger partial charge on any atom is 0.231 e. The molecule has 4 heteroatoms. The van der Waals surface area contributed by atoms with Gasteiger partial charge in [-0.25, -0.2) is 4.39 Å². The van der Waals surface area contributed by atoms with E-state index >= 15 is 0 Å². The number of aryl methyl sites for hydroxylation is 1. The Labute approximate surface area is 99.8 Å². The summed E-state index contributed by atoms with van der Waals surface area (Å²) in [5.41, 5.74) is 0.557. The smallest absolute Gasteiger partial charge is 0.231 e. The lowest BCUT2D eigenvalue weighted by Crippen LogP contribution is -2.32. The minimum Gasteiger partial charge on any atom is -0.325 e. The van der Waals surface area contributed by atoms with Crippen LogP contribution in [0.4, 0.5) is 10.1 Å². The summed E-state index contributed by atoms with van der Waals surface area (Å²) >= 11 is 5.68.